The normalized spacial score (nSPS) is 15.9. The molecule has 1 aromatic heterocycles. The Labute approximate surface area is 172 Å². The minimum Gasteiger partial charge on any atom is -0.361 e. The molecule has 6 nitrogen and oxygen atoms in total. The molecule has 1 aliphatic heterocycles. The molecule has 2 aromatic rings. The number of amides is 2. The zero-order valence-corrected chi connectivity index (χ0v) is 16.9. The largest absolute Gasteiger partial charge is 0.396 e. The number of aromatic nitrogens is 1. The van der Waals surface area contributed by atoms with Crippen molar-refractivity contribution in [2.24, 2.45) is 0 Å². The number of halogens is 3. The first kappa shape index (κ1) is 21.9. The van der Waals surface area contributed by atoms with Gasteiger partial charge in [-0.05, 0) is 19.4 Å². The molecule has 1 aliphatic rings. The van der Waals surface area contributed by atoms with Crippen LogP contribution in [0.3, 0.4) is 0 Å². The van der Waals surface area contributed by atoms with Gasteiger partial charge < -0.3 is 14.3 Å². The van der Waals surface area contributed by atoms with Crippen LogP contribution in [-0.2, 0) is 16.0 Å². The first-order valence-electron chi connectivity index (χ1n) is 9.75. The molecule has 1 atom stereocenters. The summed E-state index contributed by atoms with van der Waals surface area (Å²) in [7, 11) is 0. The quantitative estimate of drug-likeness (QED) is 0.741. The fourth-order valence-electron chi connectivity index (χ4n) is 3.63. The first-order valence-corrected chi connectivity index (χ1v) is 9.75. The van der Waals surface area contributed by atoms with Crippen LogP contribution in [0.25, 0.3) is 0 Å². The number of hydrogen-bond acceptors (Lipinski definition) is 4. The summed E-state index contributed by atoms with van der Waals surface area (Å²) in [4.78, 5) is 28.1. The van der Waals surface area contributed by atoms with Gasteiger partial charge in [0.25, 0.3) is 0 Å². The minimum absolute atomic E-state index is 0.0756. The van der Waals surface area contributed by atoms with Gasteiger partial charge in [-0.2, -0.15) is 13.2 Å². The Morgan fingerprint density at radius 3 is 2.10 bits per heavy atom. The molecular formula is C21H24F3N3O3. The van der Waals surface area contributed by atoms with Crippen molar-refractivity contribution in [1.82, 2.24) is 15.0 Å². The maximum Gasteiger partial charge on any atom is 0.396 e. The number of carbonyl (C=O) groups excluding carboxylic acids is 2. The van der Waals surface area contributed by atoms with E-state index in [1.807, 2.05) is 0 Å². The van der Waals surface area contributed by atoms with E-state index in [0.717, 1.165) is 5.56 Å². The van der Waals surface area contributed by atoms with Gasteiger partial charge in [0, 0.05) is 38.2 Å². The smallest absolute Gasteiger partial charge is 0.361 e. The number of hydrogen-bond donors (Lipinski definition) is 0. The zero-order valence-electron chi connectivity index (χ0n) is 16.9. The van der Waals surface area contributed by atoms with Crippen molar-refractivity contribution in [3.63, 3.8) is 0 Å². The van der Waals surface area contributed by atoms with Gasteiger partial charge >= 0.3 is 6.18 Å². The monoisotopic (exact) mass is 423 g/mol. The fourth-order valence-corrected chi connectivity index (χ4v) is 3.63. The Morgan fingerprint density at radius 1 is 1.03 bits per heavy atom. The fraction of sp³-hybridized carbons (Fsp3) is 0.476. The summed E-state index contributed by atoms with van der Waals surface area (Å²) in [5.41, 5.74) is 1.48. The van der Waals surface area contributed by atoms with Crippen LogP contribution in [0.15, 0.2) is 34.9 Å². The van der Waals surface area contributed by atoms with Gasteiger partial charge in [0.2, 0.25) is 11.8 Å². The summed E-state index contributed by atoms with van der Waals surface area (Å²) in [5.74, 6) is -1.92. The summed E-state index contributed by atoms with van der Waals surface area (Å²) < 4.78 is 45.6. The molecule has 2 heterocycles. The summed E-state index contributed by atoms with van der Waals surface area (Å²) in [6.07, 6.45) is -5.00. The van der Waals surface area contributed by atoms with Gasteiger partial charge in [0.1, 0.15) is 5.76 Å². The molecule has 2 amide bonds. The van der Waals surface area contributed by atoms with Gasteiger partial charge in [-0.25, -0.2) is 0 Å². The third-order valence-corrected chi connectivity index (χ3v) is 5.47. The number of benzene rings is 1. The van der Waals surface area contributed by atoms with Gasteiger partial charge in [0.05, 0.1) is 18.0 Å². The summed E-state index contributed by atoms with van der Waals surface area (Å²) in [5, 5.41) is 3.83. The molecule has 0 N–H and O–H groups in total. The third kappa shape index (κ3) is 5.01. The summed E-state index contributed by atoms with van der Waals surface area (Å²) in [6, 6.07) is 7.47. The van der Waals surface area contributed by atoms with Gasteiger partial charge in [-0.1, -0.05) is 35.5 Å². The van der Waals surface area contributed by atoms with Crippen molar-refractivity contribution in [3.05, 3.63) is 52.9 Å². The maximum absolute atomic E-state index is 13.5. The highest BCUT2D eigenvalue weighted by Crippen LogP contribution is 2.37. The molecule has 1 aromatic carbocycles. The van der Waals surface area contributed by atoms with Crippen molar-refractivity contribution < 1.29 is 27.3 Å². The van der Waals surface area contributed by atoms with Crippen molar-refractivity contribution in [1.29, 1.82) is 0 Å². The molecule has 0 aliphatic carbocycles. The second-order valence-electron chi connectivity index (χ2n) is 7.45. The predicted molar refractivity (Wildman–Crippen MR) is 103 cm³/mol. The molecule has 0 spiro atoms. The van der Waals surface area contributed by atoms with Crippen LogP contribution < -0.4 is 0 Å². The number of aryl methyl sites for hydroxylation is 2. The molecule has 1 fully saturated rings. The Balaban J connectivity index is 1.57. The summed E-state index contributed by atoms with van der Waals surface area (Å²) in [6.45, 7) is 4.51. The van der Waals surface area contributed by atoms with Crippen LogP contribution in [0.4, 0.5) is 13.2 Å². The zero-order chi connectivity index (χ0) is 21.9. The number of carbonyl (C=O) groups is 2. The van der Waals surface area contributed by atoms with Crippen LogP contribution in [0.5, 0.6) is 0 Å². The van der Waals surface area contributed by atoms with E-state index in [1.54, 1.807) is 24.8 Å². The highest BCUT2D eigenvalue weighted by molar-refractivity contribution is 5.80. The lowest BCUT2D eigenvalue weighted by molar-refractivity contribution is -0.161. The van der Waals surface area contributed by atoms with E-state index in [0.29, 0.717) is 11.5 Å². The van der Waals surface area contributed by atoms with Crippen molar-refractivity contribution in [2.45, 2.75) is 38.8 Å². The Kier molecular flexibility index (Phi) is 6.48. The Bertz CT molecular complexity index is 868. The second kappa shape index (κ2) is 8.89. The third-order valence-electron chi connectivity index (χ3n) is 5.47. The maximum atomic E-state index is 13.5. The van der Waals surface area contributed by atoms with E-state index in [1.165, 1.54) is 29.2 Å². The van der Waals surface area contributed by atoms with E-state index in [-0.39, 0.29) is 44.1 Å². The average molecular weight is 423 g/mol. The van der Waals surface area contributed by atoms with E-state index < -0.39 is 24.4 Å². The van der Waals surface area contributed by atoms with Crippen LogP contribution in [-0.4, -0.2) is 59.1 Å². The van der Waals surface area contributed by atoms with E-state index in [9.17, 15) is 22.8 Å². The predicted octanol–water partition coefficient (Wildman–Crippen LogP) is 3.24. The van der Waals surface area contributed by atoms with Gasteiger partial charge in [-0.15, -0.1) is 0 Å². The first-order chi connectivity index (χ1) is 14.2. The highest BCUT2D eigenvalue weighted by atomic mass is 19.4. The second-order valence-corrected chi connectivity index (χ2v) is 7.45. The molecule has 0 saturated carbocycles. The number of rotatable bonds is 5. The van der Waals surface area contributed by atoms with Crippen LogP contribution in [0.1, 0.15) is 34.9 Å². The number of alkyl halides is 3. The molecule has 0 radical (unpaired) electrons. The topological polar surface area (TPSA) is 66.7 Å². The molecule has 9 heteroatoms. The van der Waals surface area contributed by atoms with Crippen LogP contribution >= 0.6 is 0 Å². The van der Waals surface area contributed by atoms with Crippen LogP contribution in [0.2, 0.25) is 0 Å². The van der Waals surface area contributed by atoms with E-state index >= 15 is 0 Å². The molecule has 162 valence electrons. The lowest BCUT2D eigenvalue weighted by Gasteiger charge is -2.35. The van der Waals surface area contributed by atoms with Crippen LogP contribution in [0, 0.1) is 13.8 Å². The average Bonchev–Trinajstić information content (AvgIpc) is 3.03. The lowest BCUT2D eigenvalue weighted by atomic mass is 9.94. The molecule has 1 unspecified atom stereocenters. The Hall–Kier alpha value is -2.84. The molecule has 1 saturated heterocycles. The Morgan fingerprint density at radius 2 is 1.60 bits per heavy atom. The standard InChI is InChI=1S/C21H24F3N3O3/c1-14-17(15(2)30-25-14)12-19(28)26-8-10-27(11-9-26)20(29)13-18(21(22,23)24)16-6-4-3-5-7-16/h3-7,18H,8-13H2,1-2H3. The molecule has 0 bridgehead atoms. The molecular weight excluding hydrogens is 399 g/mol. The van der Waals surface area contributed by atoms with Gasteiger partial charge in [0.15, 0.2) is 0 Å². The molecule has 30 heavy (non-hydrogen) atoms. The summed E-state index contributed by atoms with van der Waals surface area (Å²) >= 11 is 0. The van der Waals surface area contributed by atoms with E-state index in [2.05, 4.69) is 5.16 Å². The highest BCUT2D eigenvalue weighted by Gasteiger charge is 2.42. The lowest BCUT2D eigenvalue weighted by Crippen LogP contribution is -2.51. The SMILES string of the molecule is Cc1noc(C)c1CC(=O)N1CCN(C(=O)CC(c2ccccc2)C(F)(F)F)CC1. The number of piperazine rings is 1. The molecule has 3 rings (SSSR count). The van der Waals surface area contributed by atoms with E-state index in [4.69, 9.17) is 4.52 Å². The number of nitrogens with zero attached hydrogens (tertiary/aromatic N) is 3. The van der Waals surface area contributed by atoms with Crippen molar-refractivity contribution in [2.75, 3.05) is 26.2 Å². The minimum atomic E-state index is -4.51. The van der Waals surface area contributed by atoms with Gasteiger partial charge in [-0.3, -0.25) is 9.59 Å². The van der Waals surface area contributed by atoms with Crippen molar-refractivity contribution >= 4 is 11.8 Å². The van der Waals surface area contributed by atoms with Crippen molar-refractivity contribution in [3.8, 4) is 0 Å².